The molecule has 2 rings (SSSR count). The smallest absolute Gasteiger partial charge is 0.195 e. The van der Waals surface area contributed by atoms with Crippen LogP contribution in [0.2, 0.25) is 0 Å². The van der Waals surface area contributed by atoms with Gasteiger partial charge < -0.3 is 15.0 Å². The minimum Gasteiger partial charge on any atom is -0.496 e. The van der Waals surface area contributed by atoms with Crippen molar-refractivity contribution < 1.29 is 14.3 Å². The van der Waals surface area contributed by atoms with Crippen LogP contribution in [0.5, 0.6) is 5.75 Å². The number of aromatic amines is 1. The zero-order chi connectivity index (χ0) is 19.6. The molecule has 0 saturated heterocycles. The lowest BCUT2D eigenvalue weighted by Crippen LogP contribution is -2.36. The fourth-order valence-corrected chi connectivity index (χ4v) is 3.80. The number of methoxy groups -OCH3 is 1. The van der Waals surface area contributed by atoms with Crippen LogP contribution in [-0.4, -0.2) is 29.7 Å². The molecule has 0 fully saturated rings. The Morgan fingerprint density at radius 1 is 1.23 bits per heavy atom. The SMILES string of the molecule is COc1ccc([C@@H](C)N[C@@H](C)C(=O)c2[nH]c(C)c(C(C)=O)c2C)cc1Br. The van der Waals surface area contributed by atoms with Gasteiger partial charge in [0.15, 0.2) is 11.6 Å². The number of H-pyrrole nitrogens is 1. The van der Waals surface area contributed by atoms with E-state index in [1.54, 1.807) is 7.11 Å². The van der Waals surface area contributed by atoms with E-state index in [2.05, 4.69) is 26.2 Å². The number of aryl methyl sites for hydroxylation is 1. The molecule has 0 unspecified atom stereocenters. The summed E-state index contributed by atoms with van der Waals surface area (Å²) >= 11 is 3.48. The van der Waals surface area contributed by atoms with Gasteiger partial charge in [0.1, 0.15) is 5.75 Å². The minimum atomic E-state index is -0.401. The first-order valence-corrected chi connectivity index (χ1v) is 9.30. The van der Waals surface area contributed by atoms with Crippen molar-refractivity contribution in [3.8, 4) is 5.75 Å². The maximum Gasteiger partial charge on any atom is 0.195 e. The molecule has 1 heterocycles. The quantitative estimate of drug-likeness (QED) is 0.645. The largest absolute Gasteiger partial charge is 0.496 e. The van der Waals surface area contributed by atoms with Crippen molar-refractivity contribution in [3.05, 3.63) is 50.8 Å². The van der Waals surface area contributed by atoms with Gasteiger partial charge in [-0.3, -0.25) is 9.59 Å². The van der Waals surface area contributed by atoms with E-state index in [1.807, 2.05) is 45.9 Å². The molecule has 0 amide bonds. The fourth-order valence-electron chi connectivity index (χ4n) is 3.24. The van der Waals surface area contributed by atoms with Crippen molar-refractivity contribution in [2.24, 2.45) is 0 Å². The maximum atomic E-state index is 12.9. The average Bonchev–Trinajstić information content (AvgIpc) is 2.88. The van der Waals surface area contributed by atoms with Crippen molar-refractivity contribution in [2.75, 3.05) is 7.11 Å². The molecule has 0 aliphatic carbocycles. The normalized spacial score (nSPS) is 13.3. The Hall–Kier alpha value is -1.92. The van der Waals surface area contributed by atoms with Gasteiger partial charge in [0.25, 0.3) is 0 Å². The van der Waals surface area contributed by atoms with Crippen LogP contribution in [0.1, 0.15) is 64.5 Å². The number of aromatic nitrogens is 1. The molecule has 0 aliphatic rings. The van der Waals surface area contributed by atoms with Crippen LogP contribution in [0.15, 0.2) is 22.7 Å². The van der Waals surface area contributed by atoms with E-state index in [4.69, 9.17) is 4.74 Å². The van der Waals surface area contributed by atoms with E-state index in [0.717, 1.165) is 21.5 Å². The molecule has 2 atom stereocenters. The molecule has 2 aromatic rings. The molecule has 0 bridgehead atoms. The summed E-state index contributed by atoms with van der Waals surface area (Å²) in [6.45, 7) is 8.98. The highest BCUT2D eigenvalue weighted by atomic mass is 79.9. The highest BCUT2D eigenvalue weighted by Crippen LogP contribution is 2.28. The zero-order valence-electron chi connectivity index (χ0n) is 16.0. The lowest BCUT2D eigenvalue weighted by atomic mass is 10.0. The number of carbonyl (C=O) groups is 2. The lowest BCUT2D eigenvalue weighted by Gasteiger charge is -2.20. The molecule has 0 saturated carbocycles. The van der Waals surface area contributed by atoms with Gasteiger partial charge in [0.2, 0.25) is 0 Å². The average molecular weight is 421 g/mol. The van der Waals surface area contributed by atoms with Gasteiger partial charge in [-0.2, -0.15) is 0 Å². The molecule has 1 aromatic carbocycles. The molecular formula is C20H25BrN2O3. The molecule has 0 aliphatic heterocycles. The number of ketones is 2. The second-order valence-electron chi connectivity index (χ2n) is 6.55. The third-order valence-corrected chi connectivity index (χ3v) is 5.22. The Kier molecular flexibility index (Phi) is 6.42. The van der Waals surface area contributed by atoms with Gasteiger partial charge in [0.05, 0.1) is 23.3 Å². The van der Waals surface area contributed by atoms with Gasteiger partial charge in [-0.1, -0.05) is 6.07 Å². The Labute approximate surface area is 162 Å². The predicted molar refractivity (Wildman–Crippen MR) is 106 cm³/mol. The van der Waals surface area contributed by atoms with Crippen molar-refractivity contribution in [1.29, 1.82) is 0 Å². The summed E-state index contributed by atoms with van der Waals surface area (Å²) < 4.78 is 6.12. The number of benzene rings is 1. The molecule has 140 valence electrons. The van der Waals surface area contributed by atoms with Crippen LogP contribution in [0.25, 0.3) is 0 Å². The first kappa shape index (κ1) is 20.4. The molecule has 1 aromatic heterocycles. The summed E-state index contributed by atoms with van der Waals surface area (Å²) in [6.07, 6.45) is 0. The van der Waals surface area contributed by atoms with Crippen LogP contribution in [0.4, 0.5) is 0 Å². The summed E-state index contributed by atoms with van der Waals surface area (Å²) in [4.78, 5) is 27.7. The number of carbonyl (C=O) groups excluding carboxylic acids is 2. The van der Waals surface area contributed by atoms with Crippen LogP contribution in [0, 0.1) is 13.8 Å². The van der Waals surface area contributed by atoms with Gasteiger partial charge in [-0.25, -0.2) is 0 Å². The summed E-state index contributed by atoms with van der Waals surface area (Å²) in [7, 11) is 1.62. The van der Waals surface area contributed by atoms with Gasteiger partial charge in [0, 0.05) is 17.3 Å². The molecule has 0 radical (unpaired) electrons. The summed E-state index contributed by atoms with van der Waals surface area (Å²) in [5.41, 5.74) is 3.59. The van der Waals surface area contributed by atoms with Gasteiger partial charge in [-0.15, -0.1) is 0 Å². The standard InChI is InChI=1S/C20H25BrN2O3/c1-10-18(14(5)24)12(3)23-19(10)20(25)13(4)22-11(2)15-7-8-17(26-6)16(21)9-15/h7-9,11,13,22-23H,1-6H3/t11-,13+/m1/s1. The Balaban J connectivity index is 2.18. The van der Waals surface area contributed by atoms with E-state index < -0.39 is 6.04 Å². The Morgan fingerprint density at radius 3 is 2.38 bits per heavy atom. The van der Waals surface area contributed by atoms with E-state index in [1.165, 1.54) is 6.92 Å². The number of hydrogen-bond donors (Lipinski definition) is 2. The molecule has 6 heteroatoms. The predicted octanol–water partition coefficient (Wildman–Crippen LogP) is 4.53. The lowest BCUT2D eigenvalue weighted by molar-refractivity contribution is 0.0940. The van der Waals surface area contributed by atoms with Gasteiger partial charge >= 0.3 is 0 Å². The van der Waals surface area contributed by atoms with Crippen molar-refractivity contribution in [1.82, 2.24) is 10.3 Å². The highest BCUT2D eigenvalue weighted by Gasteiger charge is 2.24. The van der Waals surface area contributed by atoms with E-state index >= 15 is 0 Å². The number of ether oxygens (including phenoxy) is 1. The molecule has 0 spiro atoms. The van der Waals surface area contributed by atoms with Crippen molar-refractivity contribution in [3.63, 3.8) is 0 Å². The highest BCUT2D eigenvalue weighted by molar-refractivity contribution is 9.10. The molecule has 26 heavy (non-hydrogen) atoms. The number of hydrogen-bond acceptors (Lipinski definition) is 4. The first-order chi connectivity index (χ1) is 12.2. The van der Waals surface area contributed by atoms with E-state index in [9.17, 15) is 9.59 Å². The van der Waals surface area contributed by atoms with E-state index in [-0.39, 0.29) is 17.6 Å². The number of nitrogens with one attached hydrogen (secondary N) is 2. The number of halogens is 1. The molecular weight excluding hydrogens is 396 g/mol. The van der Waals surface area contributed by atoms with Crippen LogP contribution < -0.4 is 10.1 Å². The number of rotatable bonds is 7. The summed E-state index contributed by atoms with van der Waals surface area (Å²) in [5.74, 6) is 0.671. The van der Waals surface area contributed by atoms with Crippen LogP contribution in [0.3, 0.4) is 0 Å². The second kappa shape index (κ2) is 8.18. The number of Topliss-reactive ketones (excluding diaryl/α,β-unsaturated/α-hetero) is 2. The second-order valence-corrected chi connectivity index (χ2v) is 7.40. The summed E-state index contributed by atoms with van der Waals surface area (Å²) in [5, 5.41) is 3.33. The minimum absolute atomic E-state index is 0.0280. The van der Waals surface area contributed by atoms with Gasteiger partial charge in [-0.05, 0) is 73.8 Å². The third kappa shape index (κ3) is 4.07. The van der Waals surface area contributed by atoms with Crippen molar-refractivity contribution in [2.45, 2.75) is 46.7 Å². The zero-order valence-corrected chi connectivity index (χ0v) is 17.6. The molecule has 5 nitrogen and oxygen atoms in total. The third-order valence-electron chi connectivity index (χ3n) is 4.61. The Bertz CT molecular complexity index is 842. The van der Waals surface area contributed by atoms with Crippen LogP contribution >= 0.6 is 15.9 Å². The maximum absolute atomic E-state index is 12.9. The first-order valence-electron chi connectivity index (χ1n) is 8.51. The summed E-state index contributed by atoms with van der Waals surface area (Å²) in [6, 6.07) is 5.41. The fraction of sp³-hybridized carbons (Fsp3) is 0.400. The van der Waals surface area contributed by atoms with Crippen molar-refractivity contribution >= 4 is 27.5 Å². The monoisotopic (exact) mass is 420 g/mol. The molecule has 2 N–H and O–H groups in total. The topological polar surface area (TPSA) is 71.2 Å². The van der Waals surface area contributed by atoms with E-state index in [0.29, 0.717) is 16.8 Å². The Morgan fingerprint density at radius 2 is 1.88 bits per heavy atom. The van der Waals surface area contributed by atoms with Crippen LogP contribution in [-0.2, 0) is 0 Å².